The second kappa shape index (κ2) is 3.56. The second-order valence-corrected chi connectivity index (χ2v) is 3.15. The summed E-state index contributed by atoms with van der Waals surface area (Å²) in [6.07, 6.45) is 5.56. The molecular weight excluding hydrogens is 138 g/mol. The minimum Gasteiger partial charge on any atom is -0.402 e. The third-order valence-corrected chi connectivity index (χ3v) is 2.15. The predicted octanol–water partition coefficient (Wildman–Crippen LogP) is 1.61. The highest BCUT2D eigenvalue weighted by molar-refractivity contribution is 5.93. The van der Waals surface area contributed by atoms with Gasteiger partial charge in [-0.3, -0.25) is 4.79 Å². The van der Waals surface area contributed by atoms with Gasteiger partial charge in [-0.25, -0.2) is 0 Å². The molecule has 0 fully saturated rings. The Morgan fingerprint density at radius 3 is 3.00 bits per heavy atom. The lowest BCUT2D eigenvalue weighted by molar-refractivity contribution is -0.119. The first-order chi connectivity index (χ1) is 5.24. The molecule has 0 spiro atoms. The van der Waals surface area contributed by atoms with Gasteiger partial charge in [0.05, 0.1) is 0 Å². The van der Waals surface area contributed by atoms with E-state index < -0.39 is 0 Å². The van der Waals surface area contributed by atoms with Crippen LogP contribution in [0.25, 0.3) is 0 Å². The highest BCUT2D eigenvalue weighted by Gasteiger charge is 2.19. The minimum absolute atomic E-state index is 0.232. The van der Waals surface area contributed by atoms with Crippen LogP contribution < -0.4 is 5.73 Å². The fraction of sp³-hybridized carbons (Fsp3) is 0.667. The molecule has 1 aliphatic rings. The summed E-state index contributed by atoms with van der Waals surface area (Å²) < 4.78 is 0. The lowest BCUT2D eigenvalue weighted by atomic mass is 9.88. The van der Waals surface area contributed by atoms with Crippen molar-refractivity contribution in [1.29, 1.82) is 0 Å². The van der Waals surface area contributed by atoms with E-state index in [1.807, 2.05) is 0 Å². The molecule has 2 nitrogen and oxygen atoms in total. The Balaban J connectivity index is 2.54. The molecule has 1 aliphatic carbocycles. The standard InChI is InChI=1S/C9H15NO/c1-2-3-7-4-5-8(10)6-9(7)11/h6-7H,2-5,10H2,1H3. The molecule has 1 atom stereocenters. The highest BCUT2D eigenvalue weighted by atomic mass is 16.1. The summed E-state index contributed by atoms with van der Waals surface area (Å²) in [5.41, 5.74) is 6.28. The number of carbonyl (C=O) groups is 1. The fourth-order valence-electron chi connectivity index (χ4n) is 1.49. The van der Waals surface area contributed by atoms with Crippen molar-refractivity contribution < 1.29 is 4.79 Å². The zero-order chi connectivity index (χ0) is 8.27. The Morgan fingerprint density at radius 2 is 2.45 bits per heavy atom. The molecule has 0 aromatic rings. The Morgan fingerprint density at radius 1 is 1.73 bits per heavy atom. The van der Waals surface area contributed by atoms with E-state index in [1.165, 1.54) is 0 Å². The highest BCUT2D eigenvalue weighted by Crippen LogP contribution is 2.21. The molecule has 62 valence electrons. The molecule has 0 saturated carbocycles. The van der Waals surface area contributed by atoms with Gasteiger partial charge in [0, 0.05) is 17.7 Å². The third kappa shape index (κ3) is 2.07. The first-order valence-electron chi connectivity index (χ1n) is 4.24. The lowest BCUT2D eigenvalue weighted by Gasteiger charge is -2.17. The summed E-state index contributed by atoms with van der Waals surface area (Å²) in [7, 11) is 0. The van der Waals surface area contributed by atoms with Crippen LogP contribution in [-0.2, 0) is 4.79 Å². The van der Waals surface area contributed by atoms with Crippen molar-refractivity contribution >= 4 is 5.78 Å². The first-order valence-corrected chi connectivity index (χ1v) is 4.24. The van der Waals surface area contributed by atoms with E-state index in [0.717, 1.165) is 31.4 Å². The van der Waals surface area contributed by atoms with E-state index in [0.29, 0.717) is 0 Å². The van der Waals surface area contributed by atoms with E-state index in [2.05, 4.69) is 6.92 Å². The number of hydrogen-bond acceptors (Lipinski definition) is 2. The van der Waals surface area contributed by atoms with Crippen LogP contribution in [0.3, 0.4) is 0 Å². The second-order valence-electron chi connectivity index (χ2n) is 3.15. The van der Waals surface area contributed by atoms with Gasteiger partial charge >= 0.3 is 0 Å². The summed E-state index contributed by atoms with van der Waals surface area (Å²) in [5, 5.41) is 0. The van der Waals surface area contributed by atoms with Crippen LogP contribution in [0.15, 0.2) is 11.8 Å². The Kier molecular flexibility index (Phi) is 2.69. The molecule has 1 unspecified atom stereocenters. The summed E-state index contributed by atoms with van der Waals surface area (Å²) >= 11 is 0. The molecule has 0 amide bonds. The van der Waals surface area contributed by atoms with E-state index >= 15 is 0 Å². The molecule has 11 heavy (non-hydrogen) atoms. The van der Waals surface area contributed by atoms with E-state index in [-0.39, 0.29) is 11.7 Å². The summed E-state index contributed by atoms with van der Waals surface area (Å²) in [5.74, 6) is 0.489. The van der Waals surface area contributed by atoms with Gasteiger partial charge in [-0.2, -0.15) is 0 Å². The molecule has 0 aliphatic heterocycles. The normalized spacial score (nSPS) is 25.0. The van der Waals surface area contributed by atoms with E-state index in [1.54, 1.807) is 6.08 Å². The van der Waals surface area contributed by atoms with Crippen LogP contribution in [0.5, 0.6) is 0 Å². The topological polar surface area (TPSA) is 43.1 Å². The maximum Gasteiger partial charge on any atom is 0.160 e. The Bertz CT molecular complexity index is 184. The zero-order valence-corrected chi connectivity index (χ0v) is 6.97. The van der Waals surface area contributed by atoms with Gasteiger partial charge in [-0.15, -0.1) is 0 Å². The molecule has 1 rings (SSSR count). The molecule has 2 heteroatoms. The van der Waals surface area contributed by atoms with Gasteiger partial charge in [0.1, 0.15) is 0 Å². The van der Waals surface area contributed by atoms with Gasteiger partial charge in [-0.1, -0.05) is 13.3 Å². The molecule has 0 aromatic heterocycles. The van der Waals surface area contributed by atoms with Crippen molar-refractivity contribution in [3.8, 4) is 0 Å². The van der Waals surface area contributed by atoms with Crippen LogP contribution in [0.1, 0.15) is 32.6 Å². The van der Waals surface area contributed by atoms with Crippen molar-refractivity contribution in [3.63, 3.8) is 0 Å². The number of allylic oxidation sites excluding steroid dienone is 2. The molecule has 0 saturated heterocycles. The average molecular weight is 153 g/mol. The molecular formula is C9H15NO. The third-order valence-electron chi connectivity index (χ3n) is 2.15. The summed E-state index contributed by atoms with van der Waals surface area (Å²) in [6.45, 7) is 2.11. The fourth-order valence-corrected chi connectivity index (χ4v) is 1.49. The molecule has 0 radical (unpaired) electrons. The van der Waals surface area contributed by atoms with Crippen LogP contribution in [0.4, 0.5) is 0 Å². The van der Waals surface area contributed by atoms with E-state index in [4.69, 9.17) is 5.73 Å². The van der Waals surface area contributed by atoms with Gasteiger partial charge in [-0.05, 0) is 19.3 Å². The zero-order valence-electron chi connectivity index (χ0n) is 6.97. The van der Waals surface area contributed by atoms with Crippen molar-refractivity contribution in [2.24, 2.45) is 11.7 Å². The maximum atomic E-state index is 11.2. The molecule has 2 N–H and O–H groups in total. The van der Waals surface area contributed by atoms with Crippen molar-refractivity contribution in [1.82, 2.24) is 0 Å². The number of carbonyl (C=O) groups excluding carboxylic acids is 1. The molecule has 0 bridgehead atoms. The first kappa shape index (κ1) is 8.31. The van der Waals surface area contributed by atoms with Crippen molar-refractivity contribution in [3.05, 3.63) is 11.8 Å². The van der Waals surface area contributed by atoms with Crippen LogP contribution in [-0.4, -0.2) is 5.78 Å². The number of ketones is 1. The summed E-state index contributed by atoms with van der Waals surface area (Å²) in [4.78, 5) is 11.2. The average Bonchev–Trinajstić information content (AvgIpc) is 1.95. The van der Waals surface area contributed by atoms with Crippen LogP contribution in [0, 0.1) is 5.92 Å². The van der Waals surface area contributed by atoms with Gasteiger partial charge < -0.3 is 5.73 Å². The van der Waals surface area contributed by atoms with E-state index in [9.17, 15) is 4.79 Å². The van der Waals surface area contributed by atoms with Crippen LogP contribution in [0.2, 0.25) is 0 Å². The number of nitrogens with two attached hydrogens (primary N) is 1. The quantitative estimate of drug-likeness (QED) is 0.655. The Hall–Kier alpha value is -0.790. The minimum atomic E-state index is 0.232. The molecule has 0 aromatic carbocycles. The lowest BCUT2D eigenvalue weighted by Crippen LogP contribution is -2.19. The van der Waals surface area contributed by atoms with Gasteiger partial charge in [0.2, 0.25) is 0 Å². The summed E-state index contributed by atoms with van der Waals surface area (Å²) in [6, 6.07) is 0. The molecule has 0 heterocycles. The van der Waals surface area contributed by atoms with Crippen molar-refractivity contribution in [2.75, 3.05) is 0 Å². The smallest absolute Gasteiger partial charge is 0.160 e. The van der Waals surface area contributed by atoms with Crippen LogP contribution >= 0.6 is 0 Å². The van der Waals surface area contributed by atoms with Crippen molar-refractivity contribution in [2.45, 2.75) is 32.6 Å². The predicted molar refractivity (Wildman–Crippen MR) is 44.9 cm³/mol. The SMILES string of the molecule is CCCC1CCC(N)=CC1=O. The largest absolute Gasteiger partial charge is 0.402 e. The monoisotopic (exact) mass is 153 g/mol. The maximum absolute atomic E-state index is 11.2. The Labute approximate surface area is 67.5 Å². The number of hydrogen-bond donors (Lipinski definition) is 1. The number of rotatable bonds is 2. The van der Waals surface area contributed by atoms with Gasteiger partial charge in [0.25, 0.3) is 0 Å². The van der Waals surface area contributed by atoms with Gasteiger partial charge in [0.15, 0.2) is 5.78 Å².